The highest BCUT2D eigenvalue weighted by Gasteiger charge is 2.61. The lowest BCUT2D eigenvalue weighted by atomic mass is 9.71. The molecule has 1 spiro atoms. The van der Waals surface area contributed by atoms with Gasteiger partial charge in [0.15, 0.2) is 17.0 Å². The number of nitrogens with one attached hydrogen (secondary N) is 1. The van der Waals surface area contributed by atoms with Crippen LogP contribution in [0.25, 0.3) is 0 Å². The zero-order valence-electron chi connectivity index (χ0n) is 28.7. The maximum absolute atomic E-state index is 14.6. The van der Waals surface area contributed by atoms with Crippen LogP contribution in [0.5, 0.6) is 28.7 Å². The van der Waals surface area contributed by atoms with Gasteiger partial charge in [-0.15, -0.1) is 11.8 Å². The van der Waals surface area contributed by atoms with E-state index in [2.05, 4.69) is 27.3 Å². The number of ether oxygens (including phenoxy) is 3. The number of aromatic hydroxyl groups is 3. The van der Waals surface area contributed by atoms with E-state index in [1.807, 2.05) is 40.8 Å². The third kappa shape index (κ3) is 4.00. The molecule has 7 heterocycles. The van der Waals surface area contributed by atoms with Crippen molar-refractivity contribution in [1.82, 2.24) is 15.1 Å². The predicted molar refractivity (Wildman–Crippen MR) is 185 cm³/mol. The van der Waals surface area contributed by atoms with Crippen molar-refractivity contribution in [3.05, 3.63) is 73.8 Å². The standard InChI is InChI=1S/C38H40N4O7S/c1-16-8-21-10-23-24(12-39)42-25-13-47-37(46)38(22-9-17(2)26(43)11-20(22)6-7-40-38)14-50-36(31(42)30(41(23)5)27(21)32(44)18(16)3)29-28(25)35-34(48-15-49-35)19(4)33(29)45/h8-9,11,23-25,30-31,36,40,43-45H,6-7,10,13-15H2,1-5H3/t23-,24?,25-,30-,31?,36-,38-/m1/s1. The number of piperazine rings is 1. The minimum Gasteiger partial charge on any atom is -0.508 e. The fourth-order valence-electron chi connectivity index (χ4n) is 9.75. The van der Waals surface area contributed by atoms with E-state index in [-0.39, 0.29) is 48.5 Å². The smallest absolute Gasteiger partial charge is 0.331 e. The minimum atomic E-state index is -1.22. The number of nitriles is 1. The zero-order chi connectivity index (χ0) is 35.0. The molecule has 0 radical (unpaired) electrons. The first kappa shape index (κ1) is 31.8. The maximum atomic E-state index is 14.6. The van der Waals surface area contributed by atoms with Crippen LogP contribution in [0.3, 0.4) is 0 Å². The summed E-state index contributed by atoms with van der Waals surface area (Å²) in [6.45, 7) is 7.99. The molecule has 4 N–H and O–H groups in total. The van der Waals surface area contributed by atoms with Gasteiger partial charge in [-0.2, -0.15) is 5.26 Å². The first-order valence-electron chi connectivity index (χ1n) is 17.2. The lowest BCUT2D eigenvalue weighted by Crippen LogP contribution is -2.69. The Morgan fingerprint density at radius 1 is 0.960 bits per heavy atom. The molecule has 7 aliphatic heterocycles. The number of nitrogens with zero attached hydrogens (tertiary/aromatic N) is 3. The summed E-state index contributed by atoms with van der Waals surface area (Å²) in [6, 6.07) is 6.21. The SMILES string of the molecule is Cc1cc2c(cc1O)CCN[C@]21CS[C@@H]2c3c(O)c(C)c4c(c3[C@@H](COC1=O)N1C(C#N)[C@H]3Cc5cc(C)c(C)c(O)c5[C@H](C21)N3C)OCO4. The molecule has 7 atom stereocenters. The monoisotopic (exact) mass is 696 g/mol. The molecule has 0 aromatic heterocycles. The van der Waals surface area contributed by atoms with Gasteiger partial charge in [-0.05, 0) is 93.1 Å². The topological polar surface area (TPSA) is 148 Å². The first-order valence-corrected chi connectivity index (χ1v) is 18.3. The Morgan fingerprint density at radius 3 is 2.50 bits per heavy atom. The summed E-state index contributed by atoms with van der Waals surface area (Å²) in [7, 11) is 2.03. The van der Waals surface area contributed by atoms with E-state index in [0.29, 0.717) is 53.1 Å². The van der Waals surface area contributed by atoms with Crippen molar-refractivity contribution < 1.29 is 34.3 Å². The van der Waals surface area contributed by atoms with Gasteiger partial charge in [0.25, 0.3) is 0 Å². The molecule has 11 nitrogen and oxygen atoms in total. The number of hydrogen-bond acceptors (Lipinski definition) is 12. The summed E-state index contributed by atoms with van der Waals surface area (Å²) < 4.78 is 18.5. The van der Waals surface area contributed by atoms with Gasteiger partial charge in [0.1, 0.15) is 29.9 Å². The number of hydrogen-bond donors (Lipinski definition) is 4. The van der Waals surface area contributed by atoms with E-state index >= 15 is 0 Å². The van der Waals surface area contributed by atoms with Gasteiger partial charge in [-0.1, -0.05) is 6.07 Å². The number of carbonyl (C=O) groups excluding carboxylic acids is 1. The Labute approximate surface area is 294 Å². The number of phenolic OH excluding ortho intramolecular Hbond substituents is 3. The van der Waals surface area contributed by atoms with Crippen molar-refractivity contribution in [3.8, 4) is 34.8 Å². The van der Waals surface area contributed by atoms with Gasteiger partial charge in [0, 0.05) is 46.6 Å². The molecule has 0 aliphatic carbocycles. The van der Waals surface area contributed by atoms with Crippen LogP contribution in [-0.4, -0.2) is 82.0 Å². The third-order valence-corrected chi connectivity index (χ3v) is 13.9. The van der Waals surface area contributed by atoms with Crippen LogP contribution in [0.1, 0.15) is 73.0 Å². The Balaban J connectivity index is 1.31. The zero-order valence-corrected chi connectivity index (χ0v) is 29.5. The second-order valence-corrected chi connectivity index (χ2v) is 15.9. The summed E-state index contributed by atoms with van der Waals surface area (Å²) in [5.41, 5.74) is 6.74. The summed E-state index contributed by atoms with van der Waals surface area (Å²) in [5.74, 6) is 1.34. The van der Waals surface area contributed by atoms with Crippen LogP contribution in [0.4, 0.5) is 0 Å². The number of thioether (sulfide) groups is 1. The Kier molecular flexibility index (Phi) is 6.95. The van der Waals surface area contributed by atoms with E-state index in [0.717, 1.165) is 33.4 Å². The second-order valence-electron chi connectivity index (χ2n) is 14.7. The molecule has 50 heavy (non-hydrogen) atoms. The number of rotatable bonds is 0. The van der Waals surface area contributed by atoms with Crippen molar-refractivity contribution >= 4 is 17.7 Å². The Bertz CT molecular complexity index is 2060. The molecule has 10 rings (SSSR count). The van der Waals surface area contributed by atoms with Crippen LogP contribution in [0, 0.1) is 39.0 Å². The average Bonchev–Trinajstić information content (AvgIpc) is 3.59. The number of benzene rings is 3. The number of carbonyl (C=O) groups is 1. The molecule has 4 bridgehead atoms. The Morgan fingerprint density at radius 2 is 1.72 bits per heavy atom. The molecule has 2 unspecified atom stereocenters. The molecule has 3 aromatic carbocycles. The van der Waals surface area contributed by atoms with Crippen molar-refractivity contribution in [2.24, 2.45) is 0 Å². The molecular weight excluding hydrogens is 657 g/mol. The lowest BCUT2D eigenvalue weighted by molar-refractivity contribution is -0.157. The molecule has 12 heteroatoms. The van der Waals surface area contributed by atoms with E-state index in [1.54, 1.807) is 17.8 Å². The van der Waals surface area contributed by atoms with Gasteiger partial charge in [0.05, 0.1) is 23.4 Å². The quantitative estimate of drug-likeness (QED) is 0.248. The number of fused-ring (bicyclic) bond motifs is 9. The summed E-state index contributed by atoms with van der Waals surface area (Å²) in [6.07, 6.45) is 1.22. The second kappa shape index (κ2) is 10.9. The highest BCUT2D eigenvalue weighted by molar-refractivity contribution is 7.99. The third-order valence-electron chi connectivity index (χ3n) is 12.4. The molecule has 2 fully saturated rings. The van der Waals surface area contributed by atoms with Crippen LogP contribution < -0.4 is 14.8 Å². The molecule has 0 amide bonds. The van der Waals surface area contributed by atoms with Gasteiger partial charge in [-0.25, -0.2) is 4.79 Å². The number of phenols is 3. The minimum absolute atomic E-state index is 0.00857. The molecule has 0 saturated carbocycles. The number of esters is 1. The van der Waals surface area contributed by atoms with E-state index in [4.69, 9.17) is 14.2 Å². The van der Waals surface area contributed by atoms with Gasteiger partial charge in [0.2, 0.25) is 6.79 Å². The van der Waals surface area contributed by atoms with Crippen LogP contribution in [-0.2, 0) is 27.9 Å². The number of likely N-dealkylation sites (N-methyl/N-ethyl adjacent to an activating group) is 1. The van der Waals surface area contributed by atoms with Crippen molar-refractivity contribution in [2.45, 2.75) is 81.5 Å². The van der Waals surface area contributed by atoms with Gasteiger partial charge in [-0.3, -0.25) is 15.1 Å². The molecule has 3 aromatic rings. The normalized spacial score (nSPS) is 30.9. The molecule has 7 aliphatic rings. The Hall–Kier alpha value is -4.15. The molecule has 260 valence electrons. The van der Waals surface area contributed by atoms with E-state index in [1.165, 1.54) is 0 Å². The summed E-state index contributed by atoms with van der Waals surface area (Å²) in [4.78, 5) is 19.0. The van der Waals surface area contributed by atoms with Gasteiger partial charge >= 0.3 is 5.97 Å². The van der Waals surface area contributed by atoms with Crippen LogP contribution in [0.2, 0.25) is 0 Å². The molecular formula is C38H40N4O7S. The fraction of sp³-hybridized carbons (Fsp3) is 0.474. The lowest BCUT2D eigenvalue weighted by Gasteiger charge is -2.62. The average molecular weight is 697 g/mol. The summed E-state index contributed by atoms with van der Waals surface area (Å²) in [5, 5.41) is 48.7. The maximum Gasteiger partial charge on any atom is 0.331 e. The van der Waals surface area contributed by atoms with Crippen molar-refractivity contribution in [3.63, 3.8) is 0 Å². The summed E-state index contributed by atoms with van der Waals surface area (Å²) >= 11 is 1.54. The van der Waals surface area contributed by atoms with E-state index < -0.39 is 34.9 Å². The largest absolute Gasteiger partial charge is 0.508 e. The van der Waals surface area contributed by atoms with Crippen LogP contribution >= 0.6 is 11.8 Å². The highest BCUT2D eigenvalue weighted by Crippen LogP contribution is 2.64. The van der Waals surface area contributed by atoms with Crippen LogP contribution in [0.15, 0.2) is 18.2 Å². The van der Waals surface area contributed by atoms with Gasteiger partial charge < -0.3 is 29.5 Å². The predicted octanol–water partition coefficient (Wildman–Crippen LogP) is 4.37. The number of aryl methyl sites for hydroxylation is 2. The first-order chi connectivity index (χ1) is 24.0. The fourth-order valence-corrected chi connectivity index (χ4v) is 11.5. The van der Waals surface area contributed by atoms with Crippen molar-refractivity contribution in [2.75, 3.05) is 32.7 Å². The highest BCUT2D eigenvalue weighted by atomic mass is 32.2. The van der Waals surface area contributed by atoms with Crippen molar-refractivity contribution in [1.29, 1.82) is 5.26 Å². The van der Waals surface area contributed by atoms with E-state index in [9.17, 15) is 25.4 Å². The molecule has 2 saturated heterocycles.